The molecule has 18 nitrogen and oxygen atoms in total. The van der Waals surface area contributed by atoms with E-state index in [0.29, 0.717) is 0 Å². The van der Waals surface area contributed by atoms with Gasteiger partial charge in [-0.2, -0.15) is 0 Å². The monoisotopic (exact) mass is 1030 g/mol. The number of rotatable bonds is 18. The number of carbonyl (C=O) groups is 9. The normalized spacial score (nSPS) is 8.10. The fourth-order valence-electron chi connectivity index (χ4n) is 0.540. The Balaban J connectivity index is -0.000000364. The van der Waals surface area contributed by atoms with Gasteiger partial charge < -0.3 is 0 Å². The van der Waals surface area contributed by atoms with Crippen LogP contribution in [-0.4, -0.2) is 127 Å². The van der Waals surface area contributed by atoms with Gasteiger partial charge in [-0.05, 0) is 0 Å². The van der Waals surface area contributed by atoms with Crippen molar-refractivity contribution in [3.05, 3.63) is 0 Å². The summed E-state index contributed by atoms with van der Waals surface area (Å²) >= 11 is -10.3. The van der Waals surface area contributed by atoms with Crippen molar-refractivity contribution in [2.45, 2.75) is 0 Å². The van der Waals surface area contributed by atoms with Gasteiger partial charge in [0.05, 0.1) is 0 Å². The van der Waals surface area contributed by atoms with Gasteiger partial charge in [0.2, 0.25) is 0 Å². The van der Waals surface area contributed by atoms with Crippen LogP contribution in [0, 0.1) is 0 Å². The van der Waals surface area contributed by atoms with Crippen molar-refractivity contribution < 1.29 is 68.5 Å². The van der Waals surface area contributed by atoms with Crippen LogP contribution in [0.5, 0.6) is 0 Å². The molecular formula is C9H9Bi3O18. The summed E-state index contributed by atoms with van der Waals surface area (Å²) in [6.45, 7) is 0.669. The number of carbonyl (C=O) groups excluding carboxylic acids is 9. The summed E-state index contributed by atoms with van der Waals surface area (Å²) < 4.78 is 37.3. The summed E-state index contributed by atoms with van der Waals surface area (Å²) in [5.74, 6) is 0. The van der Waals surface area contributed by atoms with Crippen molar-refractivity contribution in [2.24, 2.45) is 0 Å². The van der Waals surface area contributed by atoms with Crippen LogP contribution in [-0.2, 0) is 68.5 Å². The number of hydrogen-bond acceptors (Lipinski definition) is 18. The Labute approximate surface area is 194 Å². The number of hydrogen-bond donors (Lipinski definition) is 0. The van der Waals surface area contributed by atoms with E-state index in [1.54, 1.807) is 0 Å². The van der Waals surface area contributed by atoms with E-state index in [1.165, 1.54) is 0 Å². The van der Waals surface area contributed by atoms with E-state index in [1.807, 2.05) is 0 Å². The molecule has 0 aromatic rings. The van der Waals surface area contributed by atoms with Gasteiger partial charge >= 0.3 is 196 Å². The first-order chi connectivity index (χ1) is 14.5. The Kier molecular flexibility index (Phi) is 31.5. The van der Waals surface area contributed by atoms with Crippen molar-refractivity contribution in [3.63, 3.8) is 0 Å². The quantitative estimate of drug-likeness (QED) is 0.0929. The summed E-state index contributed by atoms with van der Waals surface area (Å²) in [7, 11) is 0. The zero-order chi connectivity index (χ0) is 23.5. The molecule has 0 unspecified atom stereocenters. The van der Waals surface area contributed by atoms with Crippen molar-refractivity contribution in [1.82, 2.24) is 0 Å². The molecule has 0 aliphatic rings. The molecule has 0 atom stereocenters. The van der Waals surface area contributed by atoms with E-state index in [-0.39, 0.29) is 58.2 Å². The van der Waals surface area contributed by atoms with Gasteiger partial charge in [0.1, 0.15) is 0 Å². The third-order valence-corrected chi connectivity index (χ3v) is 10.2. The van der Waals surface area contributed by atoms with Crippen LogP contribution in [0.25, 0.3) is 0 Å². The zero-order valence-corrected chi connectivity index (χ0v) is 24.3. The van der Waals surface area contributed by atoms with E-state index in [9.17, 15) is 43.2 Å². The molecule has 0 amide bonds. The maximum atomic E-state index is 9.60. The molecule has 0 aliphatic heterocycles. The average molecular weight is 1030 g/mol. The van der Waals surface area contributed by atoms with E-state index < -0.39 is 69.2 Å². The summed E-state index contributed by atoms with van der Waals surface area (Å²) in [6.07, 6.45) is 0. The standard InChI is InChI=1S/9CH2O2.3Bi/c9*2-1-3;;;/h9*1H,(H,2,3);;;/q;;;;;;;;;3*+3/p-9. The molecule has 0 rings (SSSR count). The third-order valence-electron chi connectivity index (χ3n) is 1.16. The molecule has 30 heavy (non-hydrogen) atoms. The minimum atomic E-state index is -3.43. The van der Waals surface area contributed by atoms with Crippen molar-refractivity contribution >= 4 is 127 Å². The molecule has 0 N–H and O–H groups in total. The first-order valence-corrected chi connectivity index (χ1v) is 18.7. The van der Waals surface area contributed by atoms with Crippen LogP contribution >= 0.6 is 0 Å². The predicted octanol–water partition coefficient (Wildman–Crippen LogP) is -4.53. The molecule has 0 aromatic heterocycles. The maximum absolute atomic E-state index is 9.60. The fourth-order valence-corrected chi connectivity index (χ4v) is 4.74. The Morgan fingerprint density at radius 3 is 0.433 bits per heavy atom. The second kappa shape index (κ2) is 29.1. The molecular weight excluding hydrogens is 1020 g/mol. The van der Waals surface area contributed by atoms with Crippen LogP contribution in [0.2, 0.25) is 0 Å². The molecule has 168 valence electrons. The van der Waals surface area contributed by atoms with Crippen LogP contribution in [0.15, 0.2) is 0 Å². The summed E-state index contributed by atoms with van der Waals surface area (Å²) in [5.41, 5.74) is 0. The van der Waals surface area contributed by atoms with E-state index in [4.69, 9.17) is 0 Å². The van der Waals surface area contributed by atoms with E-state index >= 15 is 0 Å². The van der Waals surface area contributed by atoms with Gasteiger partial charge in [-0.3, -0.25) is 0 Å². The Bertz CT molecular complexity index is 372. The molecule has 0 radical (unpaired) electrons. The SMILES string of the molecule is O=C[O][Bi]([O]C=O)[O]C=O.O=C[O][Bi]([O]C=O)[O]C=O.O=C[O][Bi]([O]C=O)[O]C=O. The van der Waals surface area contributed by atoms with Gasteiger partial charge in [0.25, 0.3) is 0 Å². The van der Waals surface area contributed by atoms with Crippen LogP contribution in [0.4, 0.5) is 0 Å². The Morgan fingerprint density at radius 2 is 0.367 bits per heavy atom. The van der Waals surface area contributed by atoms with Crippen LogP contribution in [0.3, 0.4) is 0 Å². The second-order valence-corrected chi connectivity index (χ2v) is 15.1. The average Bonchev–Trinajstić information content (AvgIpc) is 2.71. The molecule has 0 heterocycles. The fraction of sp³-hybridized carbons (Fsp3) is 0. The topological polar surface area (TPSA) is 237 Å². The molecule has 0 fully saturated rings. The molecule has 0 bridgehead atoms. The van der Waals surface area contributed by atoms with Gasteiger partial charge in [0.15, 0.2) is 0 Å². The summed E-state index contributed by atoms with van der Waals surface area (Å²) in [5, 5.41) is 0. The molecule has 0 spiro atoms. The summed E-state index contributed by atoms with van der Waals surface area (Å²) in [6, 6.07) is 0. The molecule has 21 heteroatoms. The van der Waals surface area contributed by atoms with Gasteiger partial charge in [-0.15, -0.1) is 0 Å². The van der Waals surface area contributed by atoms with Crippen LogP contribution < -0.4 is 0 Å². The van der Waals surface area contributed by atoms with Gasteiger partial charge in [-0.1, -0.05) is 0 Å². The minimum absolute atomic E-state index is 0.0743. The first-order valence-electron chi connectivity index (χ1n) is 5.89. The molecule has 0 saturated heterocycles. The first kappa shape index (κ1) is 32.5. The molecule has 0 saturated carbocycles. The second-order valence-electron chi connectivity index (χ2n) is 2.49. The van der Waals surface area contributed by atoms with E-state index in [0.717, 1.165) is 0 Å². The van der Waals surface area contributed by atoms with Crippen molar-refractivity contribution in [3.8, 4) is 0 Å². The third kappa shape index (κ3) is 25.9. The Morgan fingerprint density at radius 1 is 0.267 bits per heavy atom. The molecule has 0 aromatic carbocycles. The van der Waals surface area contributed by atoms with Crippen molar-refractivity contribution in [1.29, 1.82) is 0 Å². The van der Waals surface area contributed by atoms with Crippen molar-refractivity contribution in [2.75, 3.05) is 0 Å². The summed E-state index contributed by atoms with van der Waals surface area (Å²) in [4.78, 5) is 86.4. The Hall–Kier alpha value is -2.12. The van der Waals surface area contributed by atoms with Gasteiger partial charge in [-0.25, -0.2) is 0 Å². The zero-order valence-electron chi connectivity index (χ0n) is 13.9. The predicted molar refractivity (Wildman–Crippen MR) is 81.6 cm³/mol. The molecule has 0 aliphatic carbocycles. The van der Waals surface area contributed by atoms with Crippen LogP contribution in [0.1, 0.15) is 0 Å². The van der Waals surface area contributed by atoms with Gasteiger partial charge in [0, 0.05) is 0 Å². The van der Waals surface area contributed by atoms with E-state index in [2.05, 4.69) is 25.3 Å².